The van der Waals surface area contributed by atoms with Gasteiger partial charge in [0.1, 0.15) is 0 Å². The van der Waals surface area contributed by atoms with E-state index in [9.17, 15) is 0 Å². The van der Waals surface area contributed by atoms with Crippen LogP contribution in [0.1, 0.15) is 31.4 Å². The molecule has 0 bridgehead atoms. The van der Waals surface area contributed by atoms with E-state index in [1.165, 1.54) is 24.9 Å². The minimum Gasteiger partial charge on any atom is -0.356 e. The van der Waals surface area contributed by atoms with Gasteiger partial charge in [0.2, 0.25) is 0 Å². The predicted molar refractivity (Wildman–Crippen MR) is 107 cm³/mol. The van der Waals surface area contributed by atoms with Crippen LogP contribution in [0.4, 0.5) is 0 Å². The van der Waals surface area contributed by atoms with Gasteiger partial charge in [-0.1, -0.05) is 12.1 Å². The van der Waals surface area contributed by atoms with Gasteiger partial charge in [-0.05, 0) is 63.0 Å². The lowest BCUT2D eigenvalue weighted by molar-refractivity contribution is 0.210. The number of nitrogens with one attached hydrogen (secondary N) is 2. The summed E-state index contributed by atoms with van der Waals surface area (Å²) in [7, 11) is 4.03. The third-order valence-corrected chi connectivity index (χ3v) is 5.00. The lowest BCUT2D eigenvalue weighted by atomic mass is 9.98. The summed E-state index contributed by atoms with van der Waals surface area (Å²) in [5, 5.41) is 11.3. The number of aromatic nitrogens is 2. The molecule has 6 heteroatoms. The number of benzene rings is 1. The topological polar surface area (TPSA) is 57.5 Å². The van der Waals surface area contributed by atoms with Gasteiger partial charge in [-0.15, -0.1) is 0 Å². The summed E-state index contributed by atoms with van der Waals surface area (Å²) in [4.78, 5) is 6.80. The molecule has 1 fully saturated rings. The number of nitrogens with zero attached hydrogens (tertiary/aromatic N) is 4. The molecule has 1 aromatic heterocycles. The molecule has 0 aliphatic carbocycles. The van der Waals surface area contributed by atoms with E-state index in [4.69, 9.17) is 0 Å². The Kier molecular flexibility index (Phi) is 6.28. The highest BCUT2D eigenvalue weighted by molar-refractivity contribution is 5.80. The maximum Gasteiger partial charge on any atom is 0.191 e. The van der Waals surface area contributed by atoms with Crippen molar-refractivity contribution in [1.29, 1.82) is 0 Å². The van der Waals surface area contributed by atoms with Crippen molar-refractivity contribution >= 4 is 5.96 Å². The van der Waals surface area contributed by atoms with E-state index >= 15 is 0 Å². The van der Waals surface area contributed by atoms with Crippen LogP contribution < -0.4 is 10.6 Å². The first-order valence-electron chi connectivity index (χ1n) is 9.41. The number of rotatable bonds is 5. The Morgan fingerprint density at radius 3 is 3.00 bits per heavy atom. The van der Waals surface area contributed by atoms with E-state index in [0.717, 1.165) is 24.7 Å². The van der Waals surface area contributed by atoms with Gasteiger partial charge < -0.3 is 15.5 Å². The molecule has 6 nitrogen and oxygen atoms in total. The minimum atomic E-state index is 0.158. The molecular weight excluding hydrogens is 324 g/mol. The van der Waals surface area contributed by atoms with Crippen molar-refractivity contribution in [2.45, 2.75) is 25.8 Å². The molecule has 1 aliphatic heterocycles. The van der Waals surface area contributed by atoms with Crippen molar-refractivity contribution in [1.82, 2.24) is 25.3 Å². The maximum absolute atomic E-state index is 4.39. The fourth-order valence-corrected chi connectivity index (χ4v) is 3.52. The minimum absolute atomic E-state index is 0.158. The Bertz CT molecular complexity index is 709. The summed E-state index contributed by atoms with van der Waals surface area (Å²) < 4.78 is 1.88. The van der Waals surface area contributed by atoms with E-state index in [-0.39, 0.29) is 6.04 Å². The number of guanidine groups is 1. The van der Waals surface area contributed by atoms with Gasteiger partial charge in [-0.3, -0.25) is 4.99 Å². The zero-order valence-corrected chi connectivity index (χ0v) is 16.0. The van der Waals surface area contributed by atoms with Gasteiger partial charge in [0.25, 0.3) is 0 Å². The van der Waals surface area contributed by atoms with Gasteiger partial charge in [-0.2, -0.15) is 5.10 Å². The first-order chi connectivity index (χ1) is 12.7. The quantitative estimate of drug-likeness (QED) is 0.640. The number of aliphatic imine (C=N–C) groups is 1. The van der Waals surface area contributed by atoms with Crippen LogP contribution in [0.15, 0.2) is 47.7 Å². The Morgan fingerprint density at radius 1 is 1.38 bits per heavy atom. The molecule has 2 N–H and O–H groups in total. The van der Waals surface area contributed by atoms with Crippen molar-refractivity contribution in [2.75, 3.05) is 33.7 Å². The van der Waals surface area contributed by atoms with Crippen LogP contribution in [0.5, 0.6) is 0 Å². The molecule has 2 unspecified atom stereocenters. The lowest BCUT2D eigenvalue weighted by Gasteiger charge is -2.30. The van der Waals surface area contributed by atoms with Crippen molar-refractivity contribution in [3.8, 4) is 5.69 Å². The molecule has 140 valence electrons. The fourth-order valence-electron chi connectivity index (χ4n) is 3.52. The number of piperidine rings is 1. The monoisotopic (exact) mass is 354 g/mol. The van der Waals surface area contributed by atoms with Crippen molar-refractivity contribution in [3.63, 3.8) is 0 Å². The van der Waals surface area contributed by atoms with Gasteiger partial charge in [0.15, 0.2) is 5.96 Å². The van der Waals surface area contributed by atoms with E-state index in [2.05, 4.69) is 63.9 Å². The van der Waals surface area contributed by atoms with Gasteiger partial charge in [0, 0.05) is 32.5 Å². The molecule has 2 atom stereocenters. The number of hydrogen-bond donors (Lipinski definition) is 2. The van der Waals surface area contributed by atoms with Crippen LogP contribution in [-0.2, 0) is 0 Å². The SMILES string of the molecule is CN=C(NCC1CCCN(C)C1)NC(C)c1cccc(-n2cccn2)c1. The summed E-state index contributed by atoms with van der Waals surface area (Å²) in [5.74, 6) is 1.54. The average molecular weight is 355 g/mol. The van der Waals surface area contributed by atoms with Gasteiger partial charge in [0.05, 0.1) is 11.7 Å². The average Bonchev–Trinajstić information content (AvgIpc) is 3.20. The highest BCUT2D eigenvalue weighted by Crippen LogP contribution is 2.17. The second-order valence-corrected chi connectivity index (χ2v) is 7.14. The molecular formula is C20H30N6. The van der Waals surface area contributed by atoms with E-state index in [1.807, 2.05) is 24.0 Å². The summed E-state index contributed by atoms with van der Waals surface area (Å²) in [6.07, 6.45) is 6.32. The third-order valence-electron chi connectivity index (χ3n) is 5.00. The van der Waals surface area contributed by atoms with Crippen LogP contribution in [-0.4, -0.2) is 54.4 Å². The standard InChI is InChI=1S/C20H30N6/c1-16(18-8-4-9-19(13-18)26-12-6-10-23-26)24-20(21-2)22-14-17-7-5-11-25(3)15-17/h4,6,8-10,12-13,16-17H,5,7,11,14-15H2,1-3H3,(H2,21,22,24). The molecule has 0 spiro atoms. The Labute approximate surface area is 156 Å². The largest absolute Gasteiger partial charge is 0.356 e. The zero-order valence-electron chi connectivity index (χ0n) is 16.0. The second kappa shape index (κ2) is 8.85. The van der Waals surface area contributed by atoms with Gasteiger partial charge >= 0.3 is 0 Å². The van der Waals surface area contributed by atoms with E-state index < -0.39 is 0 Å². The highest BCUT2D eigenvalue weighted by Gasteiger charge is 2.17. The van der Waals surface area contributed by atoms with Crippen LogP contribution >= 0.6 is 0 Å². The molecule has 0 radical (unpaired) electrons. The maximum atomic E-state index is 4.39. The normalized spacial score (nSPS) is 20.0. The Morgan fingerprint density at radius 2 is 2.27 bits per heavy atom. The summed E-state index contributed by atoms with van der Waals surface area (Å²) >= 11 is 0. The van der Waals surface area contributed by atoms with Crippen LogP contribution in [0.25, 0.3) is 5.69 Å². The molecule has 1 aromatic carbocycles. The fraction of sp³-hybridized carbons (Fsp3) is 0.500. The summed E-state index contributed by atoms with van der Waals surface area (Å²) in [6, 6.07) is 10.5. The third kappa shape index (κ3) is 4.85. The molecule has 26 heavy (non-hydrogen) atoms. The van der Waals surface area contributed by atoms with E-state index in [0.29, 0.717) is 5.92 Å². The molecule has 2 aromatic rings. The summed E-state index contributed by atoms with van der Waals surface area (Å²) in [5.41, 5.74) is 2.27. The molecule has 0 amide bonds. The van der Waals surface area contributed by atoms with Crippen molar-refractivity contribution < 1.29 is 0 Å². The van der Waals surface area contributed by atoms with Gasteiger partial charge in [-0.25, -0.2) is 4.68 Å². The molecule has 1 saturated heterocycles. The van der Waals surface area contributed by atoms with Crippen molar-refractivity contribution in [2.24, 2.45) is 10.9 Å². The van der Waals surface area contributed by atoms with Crippen LogP contribution in [0.2, 0.25) is 0 Å². The highest BCUT2D eigenvalue weighted by atomic mass is 15.3. The number of likely N-dealkylation sites (tertiary alicyclic amines) is 1. The molecule has 2 heterocycles. The first kappa shape index (κ1) is 18.5. The van der Waals surface area contributed by atoms with Crippen LogP contribution in [0, 0.1) is 5.92 Å². The Balaban J connectivity index is 1.57. The number of hydrogen-bond acceptors (Lipinski definition) is 3. The smallest absolute Gasteiger partial charge is 0.191 e. The molecule has 3 rings (SSSR count). The van der Waals surface area contributed by atoms with Crippen molar-refractivity contribution in [3.05, 3.63) is 48.3 Å². The first-order valence-corrected chi connectivity index (χ1v) is 9.41. The van der Waals surface area contributed by atoms with Crippen LogP contribution in [0.3, 0.4) is 0 Å². The van der Waals surface area contributed by atoms with E-state index in [1.54, 1.807) is 6.20 Å². The Hall–Kier alpha value is -2.34. The predicted octanol–water partition coefficient (Wildman–Crippen LogP) is 2.44. The lowest BCUT2D eigenvalue weighted by Crippen LogP contribution is -2.44. The summed E-state index contributed by atoms with van der Waals surface area (Å²) in [6.45, 7) is 5.49. The molecule has 1 aliphatic rings. The molecule has 0 saturated carbocycles. The zero-order chi connectivity index (χ0) is 18.4. The second-order valence-electron chi connectivity index (χ2n) is 7.14.